The van der Waals surface area contributed by atoms with Crippen LogP contribution in [0.1, 0.15) is 75.5 Å². The summed E-state index contributed by atoms with van der Waals surface area (Å²) in [6, 6.07) is 2.06. The summed E-state index contributed by atoms with van der Waals surface area (Å²) in [7, 11) is 3.44. The monoisotopic (exact) mass is 309 g/mol. The van der Waals surface area contributed by atoms with Crippen molar-refractivity contribution < 1.29 is 14.6 Å². The van der Waals surface area contributed by atoms with E-state index in [9.17, 15) is 5.11 Å². The Kier molecular flexibility index (Phi) is 8.61. The van der Waals surface area contributed by atoms with Crippen molar-refractivity contribution >= 4 is 0 Å². The highest BCUT2D eigenvalue weighted by molar-refractivity contribution is 5.29. The highest BCUT2D eigenvalue weighted by atomic mass is 16.5. The number of aliphatic hydroxyl groups excluding tert-OH is 1. The Bertz CT molecular complexity index is 428. The highest BCUT2D eigenvalue weighted by Crippen LogP contribution is 2.28. The van der Waals surface area contributed by atoms with E-state index >= 15 is 0 Å². The van der Waals surface area contributed by atoms with E-state index in [1.807, 2.05) is 6.20 Å². The Labute approximate surface area is 134 Å². The molecule has 0 amide bonds. The Morgan fingerprint density at radius 3 is 2.36 bits per heavy atom. The van der Waals surface area contributed by atoms with Gasteiger partial charge in [0, 0.05) is 38.1 Å². The number of aliphatic hydroxyl groups is 1. The van der Waals surface area contributed by atoms with Gasteiger partial charge >= 0.3 is 0 Å². The van der Waals surface area contributed by atoms with Crippen molar-refractivity contribution in [3.05, 3.63) is 29.1 Å². The Hall–Kier alpha value is -0.970. The van der Waals surface area contributed by atoms with Crippen LogP contribution in [0, 0.1) is 0 Å². The summed E-state index contributed by atoms with van der Waals surface area (Å²) in [5, 5.41) is 10.5. The lowest BCUT2D eigenvalue weighted by Crippen LogP contribution is -2.17. The largest absolute Gasteiger partial charge is 0.388 e. The summed E-state index contributed by atoms with van der Waals surface area (Å²) in [4.78, 5) is 4.61. The first-order chi connectivity index (χ1) is 10.6. The first-order valence-electron chi connectivity index (χ1n) is 8.33. The molecule has 126 valence electrons. The van der Waals surface area contributed by atoms with Gasteiger partial charge in [0.15, 0.2) is 0 Å². The molecule has 0 radical (unpaired) electrons. The molecule has 0 bridgehead atoms. The van der Waals surface area contributed by atoms with Crippen molar-refractivity contribution in [3.63, 3.8) is 0 Å². The minimum Gasteiger partial charge on any atom is -0.388 e. The maximum absolute atomic E-state index is 10.5. The van der Waals surface area contributed by atoms with E-state index < -0.39 is 6.10 Å². The molecule has 0 aromatic carbocycles. The van der Waals surface area contributed by atoms with Gasteiger partial charge in [-0.1, -0.05) is 27.2 Å². The van der Waals surface area contributed by atoms with E-state index in [1.54, 1.807) is 14.2 Å². The summed E-state index contributed by atoms with van der Waals surface area (Å²) < 4.78 is 11.0. The van der Waals surface area contributed by atoms with Crippen LogP contribution in [-0.2, 0) is 15.9 Å². The molecule has 3 unspecified atom stereocenters. The summed E-state index contributed by atoms with van der Waals surface area (Å²) in [6.07, 6.45) is 5.78. The Morgan fingerprint density at radius 1 is 1.14 bits per heavy atom. The third kappa shape index (κ3) is 5.04. The first-order valence-corrected chi connectivity index (χ1v) is 8.33. The van der Waals surface area contributed by atoms with Crippen LogP contribution < -0.4 is 0 Å². The molecule has 0 aliphatic rings. The van der Waals surface area contributed by atoms with Gasteiger partial charge in [0.1, 0.15) is 0 Å². The summed E-state index contributed by atoms with van der Waals surface area (Å²) in [5.74, 6) is 0. The van der Waals surface area contributed by atoms with Crippen LogP contribution in [0.15, 0.2) is 12.3 Å². The molecule has 1 aromatic rings. The van der Waals surface area contributed by atoms with Crippen LogP contribution >= 0.6 is 0 Å². The van der Waals surface area contributed by atoms with Gasteiger partial charge in [0.05, 0.1) is 18.3 Å². The molecule has 4 nitrogen and oxygen atoms in total. The van der Waals surface area contributed by atoms with Crippen LogP contribution in [0.5, 0.6) is 0 Å². The van der Waals surface area contributed by atoms with Crippen molar-refractivity contribution in [2.45, 2.75) is 71.2 Å². The van der Waals surface area contributed by atoms with E-state index in [1.165, 1.54) is 0 Å². The number of ether oxygens (including phenoxy) is 2. The molecule has 3 atom stereocenters. The van der Waals surface area contributed by atoms with Gasteiger partial charge in [0.25, 0.3) is 0 Å². The fourth-order valence-electron chi connectivity index (χ4n) is 2.74. The van der Waals surface area contributed by atoms with Gasteiger partial charge in [-0.05, 0) is 30.9 Å². The fraction of sp³-hybridized carbons (Fsp3) is 0.722. The van der Waals surface area contributed by atoms with Gasteiger partial charge in [-0.2, -0.15) is 0 Å². The molecular formula is C18H31NO3. The number of hydrogen-bond donors (Lipinski definition) is 1. The number of pyridine rings is 1. The maximum atomic E-state index is 10.5. The summed E-state index contributed by atoms with van der Waals surface area (Å²) >= 11 is 0. The molecule has 0 saturated carbocycles. The third-order valence-electron chi connectivity index (χ3n) is 4.18. The normalized spacial score (nSPS) is 15.5. The first kappa shape index (κ1) is 19.1. The molecule has 0 fully saturated rings. The number of aromatic nitrogens is 1. The van der Waals surface area contributed by atoms with Crippen molar-refractivity contribution in [2.24, 2.45) is 0 Å². The molecule has 1 rings (SSSR count). The fourth-order valence-corrected chi connectivity index (χ4v) is 2.74. The van der Waals surface area contributed by atoms with Crippen molar-refractivity contribution in [1.82, 2.24) is 4.98 Å². The second kappa shape index (κ2) is 9.93. The molecule has 1 heterocycles. The van der Waals surface area contributed by atoms with Crippen LogP contribution in [0.2, 0.25) is 0 Å². The zero-order valence-corrected chi connectivity index (χ0v) is 14.6. The van der Waals surface area contributed by atoms with Gasteiger partial charge < -0.3 is 14.6 Å². The lowest BCUT2D eigenvalue weighted by atomic mass is 9.96. The zero-order chi connectivity index (χ0) is 16.5. The number of methoxy groups -OCH3 is 2. The average molecular weight is 309 g/mol. The van der Waals surface area contributed by atoms with Crippen LogP contribution in [-0.4, -0.2) is 30.4 Å². The number of hydrogen-bond acceptors (Lipinski definition) is 4. The highest BCUT2D eigenvalue weighted by Gasteiger charge is 2.19. The molecule has 22 heavy (non-hydrogen) atoms. The van der Waals surface area contributed by atoms with E-state index in [-0.39, 0.29) is 12.2 Å². The average Bonchev–Trinajstić information content (AvgIpc) is 2.54. The van der Waals surface area contributed by atoms with E-state index in [4.69, 9.17) is 9.47 Å². The zero-order valence-electron chi connectivity index (χ0n) is 14.6. The predicted octanol–water partition coefficient (Wildman–Crippen LogP) is 3.98. The Balaban J connectivity index is 3.14. The lowest BCUT2D eigenvalue weighted by molar-refractivity contribution is 0.0955. The molecule has 0 spiro atoms. The second-order valence-corrected chi connectivity index (χ2v) is 5.71. The van der Waals surface area contributed by atoms with Gasteiger partial charge in [-0.15, -0.1) is 0 Å². The second-order valence-electron chi connectivity index (χ2n) is 5.71. The SMILES string of the molecule is CCCC(O)c1cc(C(CC)OC)cnc1CC(CC)OC. The standard InChI is InChI=1S/C18H31NO3/c1-6-9-17(20)15-10-13(18(8-3)22-5)12-19-16(15)11-14(7-2)21-4/h10,12,14,17-18,20H,6-9,11H2,1-5H3. The predicted molar refractivity (Wildman–Crippen MR) is 88.9 cm³/mol. The van der Waals surface area contributed by atoms with Crippen molar-refractivity contribution in [3.8, 4) is 0 Å². The van der Waals surface area contributed by atoms with Crippen LogP contribution in [0.3, 0.4) is 0 Å². The van der Waals surface area contributed by atoms with Gasteiger partial charge in [-0.3, -0.25) is 4.98 Å². The minimum atomic E-state index is -0.476. The van der Waals surface area contributed by atoms with E-state index in [0.29, 0.717) is 0 Å². The maximum Gasteiger partial charge on any atom is 0.0833 e. The van der Waals surface area contributed by atoms with Gasteiger partial charge in [0.2, 0.25) is 0 Å². The van der Waals surface area contributed by atoms with Crippen LogP contribution in [0.4, 0.5) is 0 Å². The molecule has 0 saturated heterocycles. The molecular weight excluding hydrogens is 278 g/mol. The number of rotatable bonds is 10. The molecule has 0 aliphatic heterocycles. The summed E-state index contributed by atoms with van der Waals surface area (Å²) in [6.45, 7) is 6.26. The molecule has 0 aliphatic carbocycles. The minimum absolute atomic E-state index is 0.0264. The van der Waals surface area contributed by atoms with E-state index in [0.717, 1.165) is 48.9 Å². The Morgan fingerprint density at radius 2 is 1.86 bits per heavy atom. The van der Waals surface area contributed by atoms with Crippen LogP contribution in [0.25, 0.3) is 0 Å². The van der Waals surface area contributed by atoms with Gasteiger partial charge in [-0.25, -0.2) is 0 Å². The quantitative estimate of drug-likeness (QED) is 0.710. The molecule has 1 aromatic heterocycles. The van der Waals surface area contributed by atoms with Crippen molar-refractivity contribution in [2.75, 3.05) is 14.2 Å². The summed E-state index contributed by atoms with van der Waals surface area (Å²) in [5.41, 5.74) is 2.89. The topological polar surface area (TPSA) is 51.6 Å². The lowest BCUT2D eigenvalue weighted by Gasteiger charge is -2.21. The molecule has 4 heteroatoms. The smallest absolute Gasteiger partial charge is 0.0833 e. The number of nitrogens with zero attached hydrogens (tertiary/aromatic N) is 1. The molecule has 1 N–H and O–H groups in total. The van der Waals surface area contributed by atoms with E-state index in [2.05, 4.69) is 31.8 Å². The third-order valence-corrected chi connectivity index (χ3v) is 4.18. The van der Waals surface area contributed by atoms with Crippen molar-refractivity contribution in [1.29, 1.82) is 0 Å².